The molecule has 1 amide bonds. The molecule has 2 aromatic rings. The summed E-state index contributed by atoms with van der Waals surface area (Å²) in [4.78, 5) is 14.0. The summed E-state index contributed by atoms with van der Waals surface area (Å²) >= 11 is 3.26. The van der Waals surface area contributed by atoms with Gasteiger partial charge in [0, 0.05) is 36.7 Å². The zero-order valence-electron chi connectivity index (χ0n) is 15.6. The van der Waals surface area contributed by atoms with Crippen molar-refractivity contribution in [2.75, 3.05) is 26.2 Å². The fraction of sp³-hybridized carbons (Fsp3) is 0.250. The molecule has 0 N–H and O–H groups in total. The van der Waals surface area contributed by atoms with Crippen LogP contribution in [0, 0.1) is 0 Å². The number of benzene rings is 2. The zero-order chi connectivity index (χ0) is 21.9. The Bertz CT molecular complexity index is 1050. The van der Waals surface area contributed by atoms with E-state index in [0.717, 1.165) is 22.7 Å². The number of nitrogens with zero attached hydrogens (tertiary/aromatic N) is 2. The van der Waals surface area contributed by atoms with Crippen LogP contribution in [0.15, 0.2) is 64.0 Å². The van der Waals surface area contributed by atoms with Gasteiger partial charge < -0.3 is 4.90 Å². The van der Waals surface area contributed by atoms with Crippen LogP contribution in [0.4, 0.5) is 13.2 Å². The molecule has 0 atom stereocenters. The number of halogens is 4. The van der Waals surface area contributed by atoms with E-state index in [2.05, 4.69) is 15.9 Å². The Morgan fingerprint density at radius 1 is 0.967 bits per heavy atom. The molecular formula is C20H18BrF3N2O3S. The highest BCUT2D eigenvalue weighted by atomic mass is 79.9. The molecule has 0 radical (unpaired) electrons. The van der Waals surface area contributed by atoms with Crippen LogP contribution in [-0.4, -0.2) is 49.7 Å². The Balaban J connectivity index is 1.65. The highest BCUT2D eigenvalue weighted by Crippen LogP contribution is 2.32. The summed E-state index contributed by atoms with van der Waals surface area (Å²) in [6.07, 6.45) is -2.30. The molecule has 0 saturated carbocycles. The summed E-state index contributed by atoms with van der Waals surface area (Å²) in [6.45, 7) is 0.522. The van der Waals surface area contributed by atoms with Crippen LogP contribution >= 0.6 is 15.9 Å². The summed E-state index contributed by atoms with van der Waals surface area (Å²) in [5.41, 5.74) is -0.922. The molecule has 1 heterocycles. The lowest BCUT2D eigenvalue weighted by Crippen LogP contribution is -2.50. The van der Waals surface area contributed by atoms with E-state index in [4.69, 9.17) is 0 Å². The van der Waals surface area contributed by atoms with E-state index in [1.54, 1.807) is 12.1 Å². The smallest absolute Gasteiger partial charge is 0.337 e. The number of carbonyl (C=O) groups is 1. The third kappa shape index (κ3) is 5.11. The SMILES string of the molecule is O=C(/C=C/c1ccccc1C(F)(F)F)N1CCN(S(=O)(=O)c2ccc(Br)cc2)CC1. The first-order valence-electron chi connectivity index (χ1n) is 8.98. The molecule has 160 valence electrons. The van der Waals surface area contributed by atoms with Crippen molar-refractivity contribution in [1.29, 1.82) is 0 Å². The molecule has 1 fully saturated rings. The predicted octanol–water partition coefficient (Wildman–Crippen LogP) is 4.01. The highest BCUT2D eigenvalue weighted by Gasteiger charge is 2.32. The van der Waals surface area contributed by atoms with Gasteiger partial charge in [0.05, 0.1) is 10.5 Å². The minimum atomic E-state index is -4.52. The Labute approximate surface area is 181 Å². The molecule has 0 spiro atoms. The quantitative estimate of drug-likeness (QED) is 0.593. The molecule has 0 bridgehead atoms. The van der Waals surface area contributed by atoms with E-state index < -0.39 is 27.7 Å². The van der Waals surface area contributed by atoms with Crippen molar-refractivity contribution in [2.45, 2.75) is 11.1 Å². The minimum Gasteiger partial charge on any atom is -0.337 e. The van der Waals surface area contributed by atoms with E-state index in [0.29, 0.717) is 0 Å². The largest absolute Gasteiger partial charge is 0.416 e. The molecule has 2 aromatic carbocycles. The number of hydrogen-bond acceptors (Lipinski definition) is 3. The van der Waals surface area contributed by atoms with Gasteiger partial charge in [-0.25, -0.2) is 8.42 Å². The van der Waals surface area contributed by atoms with Gasteiger partial charge in [-0.15, -0.1) is 0 Å². The van der Waals surface area contributed by atoms with E-state index in [1.807, 2.05) is 0 Å². The van der Waals surface area contributed by atoms with Crippen LogP contribution in [0.3, 0.4) is 0 Å². The van der Waals surface area contributed by atoms with Crippen LogP contribution in [0.25, 0.3) is 6.08 Å². The topological polar surface area (TPSA) is 57.7 Å². The Morgan fingerprint density at radius 3 is 2.17 bits per heavy atom. The van der Waals surface area contributed by atoms with Crippen molar-refractivity contribution < 1.29 is 26.4 Å². The van der Waals surface area contributed by atoms with Crippen molar-refractivity contribution in [1.82, 2.24) is 9.21 Å². The molecule has 1 aliphatic heterocycles. The van der Waals surface area contributed by atoms with Crippen LogP contribution in [-0.2, 0) is 21.0 Å². The zero-order valence-corrected chi connectivity index (χ0v) is 18.0. The van der Waals surface area contributed by atoms with E-state index in [9.17, 15) is 26.4 Å². The lowest BCUT2D eigenvalue weighted by atomic mass is 10.1. The van der Waals surface area contributed by atoms with Gasteiger partial charge in [-0.1, -0.05) is 34.1 Å². The first-order valence-corrected chi connectivity index (χ1v) is 11.2. The van der Waals surface area contributed by atoms with Crippen molar-refractivity contribution in [3.05, 3.63) is 70.2 Å². The van der Waals surface area contributed by atoms with Gasteiger partial charge in [0.15, 0.2) is 0 Å². The maximum Gasteiger partial charge on any atom is 0.416 e. The summed E-state index contributed by atoms with van der Waals surface area (Å²) in [6, 6.07) is 11.3. The Morgan fingerprint density at radius 2 is 1.57 bits per heavy atom. The Hall–Kier alpha value is -2.17. The van der Waals surface area contributed by atoms with Gasteiger partial charge >= 0.3 is 6.18 Å². The molecule has 0 aromatic heterocycles. The number of carbonyl (C=O) groups excluding carboxylic acids is 1. The van der Waals surface area contributed by atoms with Crippen molar-refractivity contribution in [3.63, 3.8) is 0 Å². The molecule has 3 rings (SSSR count). The average molecular weight is 503 g/mol. The van der Waals surface area contributed by atoms with Crippen molar-refractivity contribution in [2.24, 2.45) is 0 Å². The number of sulfonamides is 1. The number of piperazine rings is 1. The summed E-state index contributed by atoms with van der Waals surface area (Å²) in [7, 11) is -3.67. The Kier molecular flexibility index (Phi) is 6.68. The van der Waals surface area contributed by atoms with E-state index >= 15 is 0 Å². The van der Waals surface area contributed by atoms with Crippen molar-refractivity contribution >= 4 is 37.9 Å². The molecule has 0 unspecified atom stereocenters. The molecular weight excluding hydrogens is 485 g/mol. The number of rotatable bonds is 4. The first kappa shape index (κ1) is 22.5. The fourth-order valence-electron chi connectivity index (χ4n) is 3.07. The van der Waals surface area contributed by atoms with Gasteiger partial charge in [0.2, 0.25) is 15.9 Å². The molecule has 0 aliphatic carbocycles. The van der Waals surface area contributed by atoms with Crippen LogP contribution in [0.5, 0.6) is 0 Å². The van der Waals surface area contributed by atoms with Crippen molar-refractivity contribution in [3.8, 4) is 0 Å². The molecule has 1 saturated heterocycles. The third-order valence-corrected chi connectivity index (χ3v) is 7.11. The maximum absolute atomic E-state index is 13.1. The maximum atomic E-state index is 13.1. The van der Waals surface area contributed by atoms with Gasteiger partial charge in [-0.2, -0.15) is 17.5 Å². The standard InChI is InChI=1S/C20H18BrF3N2O3S/c21-16-6-8-17(9-7-16)30(28,29)26-13-11-25(12-14-26)19(27)10-5-15-3-1-2-4-18(15)20(22,23)24/h1-10H,11-14H2/b10-5+. The lowest BCUT2D eigenvalue weighted by Gasteiger charge is -2.33. The second kappa shape index (κ2) is 8.91. The predicted molar refractivity (Wildman–Crippen MR) is 110 cm³/mol. The van der Waals surface area contributed by atoms with Crippen LogP contribution in [0.2, 0.25) is 0 Å². The summed E-state index contributed by atoms with van der Waals surface area (Å²) in [5, 5.41) is 0. The highest BCUT2D eigenvalue weighted by molar-refractivity contribution is 9.10. The first-order chi connectivity index (χ1) is 14.1. The van der Waals surface area contributed by atoms with Crippen LogP contribution < -0.4 is 0 Å². The van der Waals surface area contributed by atoms with Gasteiger partial charge in [-0.3, -0.25) is 4.79 Å². The summed E-state index contributed by atoms with van der Waals surface area (Å²) < 4.78 is 66.6. The number of hydrogen-bond donors (Lipinski definition) is 0. The molecule has 10 heteroatoms. The summed E-state index contributed by atoms with van der Waals surface area (Å²) in [5.74, 6) is -0.465. The van der Waals surface area contributed by atoms with Gasteiger partial charge in [-0.05, 0) is 42.0 Å². The molecule has 30 heavy (non-hydrogen) atoms. The monoisotopic (exact) mass is 502 g/mol. The molecule has 5 nitrogen and oxygen atoms in total. The number of alkyl halides is 3. The normalized spacial score (nSPS) is 16.2. The number of amides is 1. The molecule has 1 aliphatic rings. The second-order valence-corrected chi connectivity index (χ2v) is 9.46. The second-order valence-electron chi connectivity index (χ2n) is 6.60. The minimum absolute atomic E-state index is 0.102. The lowest BCUT2D eigenvalue weighted by molar-refractivity contribution is -0.137. The van der Waals surface area contributed by atoms with Gasteiger partial charge in [0.1, 0.15) is 0 Å². The van der Waals surface area contributed by atoms with Crippen LogP contribution in [0.1, 0.15) is 11.1 Å². The van der Waals surface area contributed by atoms with E-state index in [1.165, 1.54) is 39.5 Å². The van der Waals surface area contributed by atoms with E-state index in [-0.39, 0.29) is 36.6 Å². The average Bonchev–Trinajstić information content (AvgIpc) is 2.72. The fourth-order valence-corrected chi connectivity index (χ4v) is 4.76. The third-order valence-electron chi connectivity index (χ3n) is 4.67. The van der Waals surface area contributed by atoms with Gasteiger partial charge in [0.25, 0.3) is 0 Å².